The Bertz CT molecular complexity index is 667. The van der Waals surface area contributed by atoms with Crippen LogP contribution in [0.2, 0.25) is 0 Å². The second kappa shape index (κ2) is 5.20. The fraction of sp³-hybridized carbons (Fsp3) is 0.231. The lowest BCUT2D eigenvalue weighted by atomic mass is 10.1. The van der Waals surface area contributed by atoms with Crippen LogP contribution in [0.15, 0.2) is 18.3 Å². The highest BCUT2D eigenvalue weighted by Crippen LogP contribution is 2.28. The lowest BCUT2D eigenvalue weighted by Crippen LogP contribution is -2.05. The Morgan fingerprint density at radius 1 is 1.50 bits per heavy atom. The van der Waals surface area contributed by atoms with Gasteiger partial charge in [0.05, 0.1) is 28.3 Å². The van der Waals surface area contributed by atoms with Gasteiger partial charge >= 0.3 is 5.97 Å². The molecule has 7 heteroatoms. The van der Waals surface area contributed by atoms with Crippen LogP contribution in [0.4, 0.5) is 21.5 Å². The third-order valence-electron chi connectivity index (χ3n) is 2.88. The van der Waals surface area contributed by atoms with Crippen LogP contribution in [0.1, 0.15) is 23.0 Å². The number of nitrogens with zero attached hydrogens (tertiary/aromatic N) is 2. The van der Waals surface area contributed by atoms with Crippen molar-refractivity contribution in [3.05, 3.63) is 35.4 Å². The number of anilines is 3. The first-order valence-corrected chi connectivity index (χ1v) is 6.04. The zero-order valence-corrected chi connectivity index (χ0v) is 11.1. The standard InChI is InChI=1S/C13H15FN4O2/c1-3-10-12(6-18(2)17-10)16-11-5-8(14)7(13(19)20)4-9(11)15/h4-6,16H,3,15H2,1-2H3,(H,19,20). The number of aromatic nitrogens is 2. The van der Waals surface area contributed by atoms with Gasteiger partial charge in [0.2, 0.25) is 0 Å². The number of benzene rings is 1. The van der Waals surface area contributed by atoms with Crippen LogP contribution in [0, 0.1) is 5.82 Å². The monoisotopic (exact) mass is 278 g/mol. The fourth-order valence-electron chi connectivity index (χ4n) is 1.91. The second-order valence-corrected chi connectivity index (χ2v) is 4.37. The van der Waals surface area contributed by atoms with Crippen LogP contribution < -0.4 is 11.1 Å². The number of nitrogens with one attached hydrogen (secondary N) is 1. The van der Waals surface area contributed by atoms with E-state index < -0.39 is 17.3 Å². The first kappa shape index (κ1) is 13.9. The van der Waals surface area contributed by atoms with Gasteiger partial charge in [-0.25, -0.2) is 9.18 Å². The molecule has 4 N–H and O–H groups in total. The highest BCUT2D eigenvalue weighted by atomic mass is 19.1. The number of halogens is 1. The molecule has 0 bridgehead atoms. The Kier molecular flexibility index (Phi) is 3.60. The van der Waals surface area contributed by atoms with Crippen LogP contribution in [0.3, 0.4) is 0 Å². The number of nitrogen functional groups attached to an aromatic ring is 1. The summed E-state index contributed by atoms with van der Waals surface area (Å²) in [4.78, 5) is 10.8. The molecular formula is C13H15FN4O2. The molecule has 0 aliphatic carbocycles. The van der Waals surface area contributed by atoms with Crippen molar-refractivity contribution in [2.45, 2.75) is 13.3 Å². The minimum Gasteiger partial charge on any atom is -0.478 e. The van der Waals surface area contributed by atoms with E-state index in [9.17, 15) is 9.18 Å². The first-order valence-electron chi connectivity index (χ1n) is 6.04. The van der Waals surface area contributed by atoms with Crippen molar-refractivity contribution in [1.82, 2.24) is 9.78 Å². The summed E-state index contributed by atoms with van der Waals surface area (Å²) in [6.07, 6.45) is 2.46. The van der Waals surface area contributed by atoms with Gasteiger partial charge in [-0.1, -0.05) is 6.92 Å². The molecule has 0 saturated carbocycles. The molecule has 2 rings (SSSR count). The molecule has 6 nitrogen and oxygen atoms in total. The summed E-state index contributed by atoms with van der Waals surface area (Å²) in [6.45, 7) is 1.95. The lowest BCUT2D eigenvalue weighted by molar-refractivity contribution is 0.0692. The zero-order valence-electron chi connectivity index (χ0n) is 11.1. The van der Waals surface area contributed by atoms with E-state index in [1.165, 1.54) is 0 Å². The number of nitrogens with two attached hydrogens (primary N) is 1. The number of aryl methyl sites for hydroxylation is 2. The molecule has 0 atom stereocenters. The molecule has 0 saturated heterocycles. The third kappa shape index (κ3) is 2.56. The van der Waals surface area contributed by atoms with Crippen molar-refractivity contribution >= 4 is 23.0 Å². The number of carbonyl (C=O) groups is 1. The van der Waals surface area contributed by atoms with Gasteiger partial charge < -0.3 is 16.2 Å². The minimum absolute atomic E-state index is 0.162. The Balaban J connectivity index is 2.39. The average molecular weight is 278 g/mol. The number of carboxylic acids is 1. The summed E-state index contributed by atoms with van der Waals surface area (Å²) in [5.74, 6) is -2.19. The van der Waals surface area contributed by atoms with Crippen molar-refractivity contribution in [3.63, 3.8) is 0 Å². The summed E-state index contributed by atoms with van der Waals surface area (Å²) in [5, 5.41) is 16.1. The van der Waals surface area contributed by atoms with Gasteiger partial charge in [0.1, 0.15) is 5.82 Å². The van der Waals surface area contributed by atoms with E-state index >= 15 is 0 Å². The number of hydrogen-bond acceptors (Lipinski definition) is 4. The van der Waals surface area contributed by atoms with E-state index in [4.69, 9.17) is 10.8 Å². The normalized spacial score (nSPS) is 10.6. The van der Waals surface area contributed by atoms with E-state index in [0.717, 1.165) is 17.8 Å². The first-order chi connectivity index (χ1) is 9.42. The lowest BCUT2D eigenvalue weighted by Gasteiger charge is -2.10. The van der Waals surface area contributed by atoms with Crippen molar-refractivity contribution in [1.29, 1.82) is 0 Å². The van der Waals surface area contributed by atoms with Crippen molar-refractivity contribution in [3.8, 4) is 0 Å². The van der Waals surface area contributed by atoms with E-state index in [0.29, 0.717) is 17.8 Å². The van der Waals surface area contributed by atoms with Crippen molar-refractivity contribution in [2.24, 2.45) is 7.05 Å². The number of rotatable bonds is 4. The number of carboxylic acid groups (broad SMARTS) is 1. The highest BCUT2D eigenvalue weighted by molar-refractivity contribution is 5.91. The quantitative estimate of drug-likeness (QED) is 0.745. The van der Waals surface area contributed by atoms with Crippen molar-refractivity contribution < 1.29 is 14.3 Å². The number of hydrogen-bond donors (Lipinski definition) is 3. The van der Waals surface area contributed by atoms with E-state index in [2.05, 4.69) is 10.4 Å². The zero-order chi connectivity index (χ0) is 14.9. The molecule has 1 aromatic heterocycles. The molecule has 0 fully saturated rings. The molecule has 1 aromatic carbocycles. The smallest absolute Gasteiger partial charge is 0.338 e. The van der Waals surface area contributed by atoms with Crippen LogP contribution in [-0.4, -0.2) is 20.9 Å². The molecule has 0 unspecified atom stereocenters. The molecule has 0 amide bonds. The van der Waals surface area contributed by atoms with Crippen LogP contribution >= 0.6 is 0 Å². The summed E-state index contributed by atoms with van der Waals surface area (Å²) >= 11 is 0. The summed E-state index contributed by atoms with van der Waals surface area (Å²) in [5.41, 5.74) is 7.31. The molecule has 0 radical (unpaired) electrons. The van der Waals surface area contributed by atoms with E-state index in [-0.39, 0.29) is 5.69 Å². The largest absolute Gasteiger partial charge is 0.478 e. The summed E-state index contributed by atoms with van der Waals surface area (Å²) in [6, 6.07) is 2.17. The molecule has 0 aliphatic heterocycles. The SMILES string of the molecule is CCc1nn(C)cc1Nc1cc(F)c(C(=O)O)cc1N. The topological polar surface area (TPSA) is 93.2 Å². The highest BCUT2D eigenvalue weighted by Gasteiger charge is 2.15. The molecule has 20 heavy (non-hydrogen) atoms. The predicted molar refractivity (Wildman–Crippen MR) is 73.6 cm³/mol. The maximum atomic E-state index is 13.7. The van der Waals surface area contributed by atoms with E-state index in [1.807, 2.05) is 6.92 Å². The average Bonchev–Trinajstić information content (AvgIpc) is 2.73. The van der Waals surface area contributed by atoms with Gasteiger partial charge in [-0.15, -0.1) is 0 Å². The van der Waals surface area contributed by atoms with Crippen LogP contribution in [0.5, 0.6) is 0 Å². The summed E-state index contributed by atoms with van der Waals surface area (Å²) < 4.78 is 15.3. The van der Waals surface area contributed by atoms with Crippen LogP contribution in [0.25, 0.3) is 0 Å². The maximum Gasteiger partial charge on any atom is 0.338 e. The van der Waals surface area contributed by atoms with Gasteiger partial charge in [0.15, 0.2) is 0 Å². The molecule has 0 aliphatic rings. The van der Waals surface area contributed by atoms with Gasteiger partial charge in [-0.3, -0.25) is 4.68 Å². The van der Waals surface area contributed by atoms with Gasteiger partial charge in [-0.05, 0) is 12.5 Å². The Labute approximate surface area is 115 Å². The Hall–Kier alpha value is -2.57. The fourth-order valence-corrected chi connectivity index (χ4v) is 1.91. The van der Waals surface area contributed by atoms with Gasteiger partial charge in [-0.2, -0.15) is 5.10 Å². The second-order valence-electron chi connectivity index (χ2n) is 4.37. The molecular weight excluding hydrogens is 263 g/mol. The minimum atomic E-state index is -1.35. The Morgan fingerprint density at radius 2 is 2.20 bits per heavy atom. The molecule has 2 aromatic rings. The third-order valence-corrected chi connectivity index (χ3v) is 2.88. The number of aromatic carboxylic acids is 1. The van der Waals surface area contributed by atoms with E-state index in [1.54, 1.807) is 17.9 Å². The van der Waals surface area contributed by atoms with Crippen molar-refractivity contribution in [2.75, 3.05) is 11.1 Å². The van der Waals surface area contributed by atoms with Gasteiger partial charge in [0, 0.05) is 19.3 Å². The molecule has 0 spiro atoms. The van der Waals surface area contributed by atoms with Gasteiger partial charge in [0.25, 0.3) is 0 Å². The Morgan fingerprint density at radius 3 is 2.80 bits per heavy atom. The molecule has 1 heterocycles. The molecule has 106 valence electrons. The van der Waals surface area contributed by atoms with Crippen LogP contribution in [-0.2, 0) is 13.5 Å². The predicted octanol–water partition coefficient (Wildman–Crippen LogP) is 2.15. The maximum absolute atomic E-state index is 13.7. The summed E-state index contributed by atoms with van der Waals surface area (Å²) in [7, 11) is 1.78.